The van der Waals surface area contributed by atoms with Crippen LogP contribution in [0.1, 0.15) is 31.5 Å². The highest BCUT2D eigenvalue weighted by atomic mass is 32.1. The number of nitrogens with one attached hydrogen (secondary N) is 1. The normalized spacial score (nSPS) is 12.0. The maximum atomic E-state index is 4.99. The Bertz CT molecular complexity index is 561. The van der Waals surface area contributed by atoms with E-state index >= 15 is 0 Å². The molecule has 0 aliphatic carbocycles. The zero-order valence-corrected chi connectivity index (χ0v) is 14.5. The van der Waals surface area contributed by atoms with Crippen LogP contribution >= 0.6 is 22.9 Å². The van der Waals surface area contributed by atoms with Crippen LogP contribution in [0, 0.1) is 0 Å². The van der Waals surface area contributed by atoms with Crippen molar-refractivity contribution in [2.24, 2.45) is 0 Å². The topological polar surface area (TPSA) is 72.8 Å². The zero-order valence-electron chi connectivity index (χ0n) is 12.8. The Morgan fingerprint density at radius 2 is 1.95 bits per heavy atom. The molecule has 0 atom stereocenters. The van der Waals surface area contributed by atoms with Crippen LogP contribution in [-0.4, -0.2) is 46.6 Å². The van der Waals surface area contributed by atoms with Crippen LogP contribution in [0.25, 0.3) is 9.88 Å². The van der Waals surface area contributed by atoms with E-state index in [1.807, 2.05) is 0 Å². The molecule has 0 aliphatic heterocycles. The summed E-state index contributed by atoms with van der Waals surface area (Å²) in [4.78, 5) is 1.04. The van der Waals surface area contributed by atoms with Gasteiger partial charge in [-0.3, -0.25) is 0 Å². The maximum absolute atomic E-state index is 4.99. The predicted octanol–water partition coefficient (Wildman–Crippen LogP) is 2.13. The van der Waals surface area contributed by atoms with Gasteiger partial charge in [-0.1, -0.05) is 36.6 Å². The Hall–Kier alpha value is -0.960. The minimum Gasteiger partial charge on any atom is -0.383 e. The number of rotatable bonds is 7. The Morgan fingerprint density at radius 1 is 1.14 bits per heavy atom. The number of methoxy groups -OCH3 is 1. The van der Waals surface area contributed by atoms with E-state index in [1.165, 1.54) is 11.5 Å². The molecule has 116 valence electrons. The summed E-state index contributed by atoms with van der Waals surface area (Å²) in [6, 6.07) is 0. The van der Waals surface area contributed by atoms with Crippen LogP contribution in [0.15, 0.2) is 0 Å². The summed E-state index contributed by atoms with van der Waals surface area (Å²) in [6.07, 6.45) is 0.873. The van der Waals surface area contributed by atoms with Crippen molar-refractivity contribution < 1.29 is 4.74 Å². The molecule has 0 radical (unpaired) electrons. The van der Waals surface area contributed by atoms with E-state index in [0.717, 1.165) is 46.7 Å². The maximum Gasteiger partial charge on any atom is 0.161 e. The first-order valence-corrected chi connectivity index (χ1v) is 8.46. The summed E-state index contributed by atoms with van der Waals surface area (Å²) in [5.74, 6) is 0. The second-order valence-corrected chi connectivity index (χ2v) is 7.51. The van der Waals surface area contributed by atoms with Crippen molar-refractivity contribution in [1.82, 2.24) is 25.1 Å². The fourth-order valence-electron chi connectivity index (χ4n) is 1.76. The lowest BCUT2D eigenvalue weighted by molar-refractivity contribution is 0.199. The third-order valence-corrected chi connectivity index (χ3v) is 4.72. The highest BCUT2D eigenvalue weighted by Crippen LogP contribution is 2.35. The van der Waals surface area contributed by atoms with Crippen LogP contribution in [0.4, 0.5) is 0 Å². The van der Waals surface area contributed by atoms with Crippen molar-refractivity contribution in [1.29, 1.82) is 0 Å². The molecule has 0 fully saturated rings. The SMILES string of the molecule is COCCNCCc1nnc(-c2snnc2C(C)(C)C)s1. The number of ether oxygens (including phenoxy) is 1. The summed E-state index contributed by atoms with van der Waals surface area (Å²) >= 11 is 3.01. The van der Waals surface area contributed by atoms with Crippen LogP contribution in [0.2, 0.25) is 0 Å². The van der Waals surface area contributed by atoms with E-state index in [2.05, 4.69) is 45.9 Å². The first kappa shape index (κ1) is 16.4. The lowest BCUT2D eigenvalue weighted by Gasteiger charge is -2.15. The van der Waals surface area contributed by atoms with Crippen molar-refractivity contribution in [3.05, 3.63) is 10.7 Å². The summed E-state index contributed by atoms with van der Waals surface area (Å²) in [6.45, 7) is 8.86. The van der Waals surface area contributed by atoms with E-state index < -0.39 is 0 Å². The average molecular weight is 327 g/mol. The quantitative estimate of drug-likeness (QED) is 0.786. The fourth-order valence-corrected chi connectivity index (χ4v) is 3.54. The van der Waals surface area contributed by atoms with Gasteiger partial charge >= 0.3 is 0 Å². The van der Waals surface area contributed by atoms with Gasteiger partial charge < -0.3 is 10.1 Å². The summed E-state index contributed by atoms with van der Waals surface area (Å²) in [5, 5.41) is 18.1. The third-order valence-electron chi connectivity index (χ3n) is 2.86. The second kappa shape index (κ2) is 7.35. The summed E-state index contributed by atoms with van der Waals surface area (Å²) in [5.41, 5.74) is 0.962. The van der Waals surface area contributed by atoms with Gasteiger partial charge in [-0.05, 0) is 11.5 Å². The molecule has 0 amide bonds. The third kappa shape index (κ3) is 4.50. The molecule has 0 aromatic carbocycles. The molecular weight excluding hydrogens is 306 g/mol. The highest BCUT2D eigenvalue weighted by Gasteiger charge is 2.25. The molecule has 2 heterocycles. The first-order chi connectivity index (χ1) is 10.0. The monoisotopic (exact) mass is 327 g/mol. The largest absolute Gasteiger partial charge is 0.383 e. The summed E-state index contributed by atoms with van der Waals surface area (Å²) < 4.78 is 9.07. The molecule has 0 spiro atoms. The average Bonchev–Trinajstić information content (AvgIpc) is 3.06. The van der Waals surface area contributed by atoms with Crippen molar-refractivity contribution in [2.45, 2.75) is 32.6 Å². The molecule has 0 aliphatic rings. The Balaban J connectivity index is 1.99. The van der Waals surface area contributed by atoms with Gasteiger partial charge in [0.1, 0.15) is 9.88 Å². The Kier molecular flexibility index (Phi) is 5.74. The van der Waals surface area contributed by atoms with Crippen LogP contribution in [-0.2, 0) is 16.6 Å². The van der Waals surface area contributed by atoms with Crippen LogP contribution in [0.3, 0.4) is 0 Å². The number of hydrogen-bond acceptors (Lipinski definition) is 8. The van der Waals surface area contributed by atoms with E-state index in [4.69, 9.17) is 4.74 Å². The van der Waals surface area contributed by atoms with Crippen molar-refractivity contribution in [3.63, 3.8) is 0 Å². The van der Waals surface area contributed by atoms with Gasteiger partial charge in [0.25, 0.3) is 0 Å². The van der Waals surface area contributed by atoms with Crippen molar-refractivity contribution in [2.75, 3.05) is 26.8 Å². The number of nitrogens with zero attached hydrogens (tertiary/aromatic N) is 4. The molecule has 1 N–H and O–H groups in total. The standard InChI is InChI=1S/C13H21N5OS2/c1-13(2,3)11-10(21-18-16-11)12-17-15-9(20-12)5-6-14-7-8-19-4/h14H,5-8H2,1-4H3. The smallest absolute Gasteiger partial charge is 0.161 e. The molecule has 8 heteroatoms. The molecule has 0 saturated heterocycles. The van der Waals surface area contributed by atoms with Gasteiger partial charge in [0.15, 0.2) is 5.01 Å². The van der Waals surface area contributed by atoms with E-state index in [1.54, 1.807) is 18.4 Å². The molecular formula is C13H21N5OS2. The molecule has 2 aromatic heterocycles. The number of hydrogen-bond donors (Lipinski definition) is 1. The molecule has 0 saturated carbocycles. The van der Waals surface area contributed by atoms with Crippen molar-refractivity contribution in [3.8, 4) is 9.88 Å². The van der Waals surface area contributed by atoms with Gasteiger partial charge in [0.05, 0.1) is 12.3 Å². The molecule has 21 heavy (non-hydrogen) atoms. The predicted molar refractivity (Wildman–Crippen MR) is 86.0 cm³/mol. The summed E-state index contributed by atoms with van der Waals surface area (Å²) in [7, 11) is 1.70. The number of aromatic nitrogens is 4. The van der Waals surface area contributed by atoms with Gasteiger partial charge in [-0.2, -0.15) is 0 Å². The van der Waals surface area contributed by atoms with Gasteiger partial charge in [-0.25, -0.2) is 0 Å². The van der Waals surface area contributed by atoms with E-state index in [9.17, 15) is 0 Å². The lowest BCUT2D eigenvalue weighted by atomic mass is 9.91. The molecule has 0 bridgehead atoms. The first-order valence-electron chi connectivity index (χ1n) is 6.87. The van der Waals surface area contributed by atoms with Crippen LogP contribution in [0.5, 0.6) is 0 Å². The van der Waals surface area contributed by atoms with Crippen LogP contribution < -0.4 is 5.32 Å². The molecule has 6 nitrogen and oxygen atoms in total. The van der Waals surface area contributed by atoms with E-state index in [0.29, 0.717) is 0 Å². The molecule has 2 aromatic rings. The minimum atomic E-state index is -0.0319. The highest BCUT2D eigenvalue weighted by molar-refractivity contribution is 7.19. The lowest BCUT2D eigenvalue weighted by Crippen LogP contribution is -2.21. The Labute approximate surface area is 133 Å². The molecule has 2 rings (SSSR count). The zero-order chi connectivity index (χ0) is 15.3. The van der Waals surface area contributed by atoms with E-state index in [-0.39, 0.29) is 5.41 Å². The van der Waals surface area contributed by atoms with Gasteiger partial charge in [0, 0.05) is 32.0 Å². The van der Waals surface area contributed by atoms with Crippen molar-refractivity contribution >= 4 is 22.9 Å². The molecule has 0 unspecified atom stereocenters. The van der Waals surface area contributed by atoms with Gasteiger partial charge in [-0.15, -0.1) is 15.3 Å². The second-order valence-electron chi connectivity index (χ2n) is 5.69. The Morgan fingerprint density at radius 3 is 2.67 bits per heavy atom. The minimum absolute atomic E-state index is 0.0319. The van der Waals surface area contributed by atoms with Gasteiger partial charge in [0.2, 0.25) is 0 Å². The fraction of sp³-hybridized carbons (Fsp3) is 0.692.